The molecule has 0 rings (SSSR count). The molecule has 0 aromatic heterocycles. The second-order valence-electron chi connectivity index (χ2n) is 2.37. The SMILES string of the molecule is CC#CC(=O)NCCNCCOC. The molecule has 0 aliphatic carbocycles. The van der Waals surface area contributed by atoms with Gasteiger partial charge in [-0.1, -0.05) is 5.92 Å². The molecule has 0 aliphatic heterocycles. The van der Waals surface area contributed by atoms with Crippen LogP contribution in [0.3, 0.4) is 0 Å². The molecule has 1 amide bonds. The number of nitrogens with one attached hydrogen (secondary N) is 2. The summed E-state index contributed by atoms with van der Waals surface area (Å²) >= 11 is 0. The van der Waals surface area contributed by atoms with E-state index in [1.165, 1.54) is 0 Å². The molecule has 4 nitrogen and oxygen atoms in total. The third-order valence-electron chi connectivity index (χ3n) is 1.31. The molecule has 0 radical (unpaired) electrons. The number of carbonyl (C=O) groups is 1. The van der Waals surface area contributed by atoms with Crippen LogP contribution < -0.4 is 10.6 Å². The first-order chi connectivity index (χ1) is 6.31. The summed E-state index contributed by atoms with van der Waals surface area (Å²) in [6.45, 7) is 4.45. The number of rotatable bonds is 6. The van der Waals surface area contributed by atoms with E-state index in [-0.39, 0.29) is 5.91 Å². The lowest BCUT2D eigenvalue weighted by molar-refractivity contribution is -0.115. The summed E-state index contributed by atoms with van der Waals surface area (Å²) in [4.78, 5) is 10.8. The first-order valence-corrected chi connectivity index (χ1v) is 4.21. The summed E-state index contributed by atoms with van der Waals surface area (Å²) in [6, 6.07) is 0. The maximum Gasteiger partial charge on any atom is 0.295 e. The average Bonchev–Trinajstić information content (AvgIpc) is 2.11. The van der Waals surface area contributed by atoms with Gasteiger partial charge in [-0.3, -0.25) is 4.79 Å². The summed E-state index contributed by atoms with van der Waals surface area (Å²) < 4.78 is 4.84. The molecule has 0 fully saturated rings. The van der Waals surface area contributed by atoms with Crippen molar-refractivity contribution < 1.29 is 9.53 Å². The van der Waals surface area contributed by atoms with Crippen LogP contribution >= 0.6 is 0 Å². The third-order valence-corrected chi connectivity index (χ3v) is 1.31. The monoisotopic (exact) mass is 184 g/mol. The fourth-order valence-corrected chi connectivity index (χ4v) is 0.721. The van der Waals surface area contributed by atoms with E-state index in [4.69, 9.17) is 4.74 Å². The van der Waals surface area contributed by atoms with Gasteiger partial charge in [0.25, 0.3) is 5.91 Å². The van der Waals surface area contributed by atoms with Gasteiger partial charge in [-0.05, 0) is 12.8 Å². The van der Waals surface area contributed by atoms with Crippen LogP contribution in [0, 0.1) is 11.8 Å². The van der Waals surface area contributed by atoms with E-state index < -0.39 is 0 Å². The van der Waals surface area contributed by atoms with Crippen LogP contribution in [0.1, 0.15) is 6.92 Å². The Labute approximate surface area is 79.0 Å². The Morgan fingerprint density at radius 3 is 2.77 bits per heavy atom. The van der Waals surface area contributed by atoms with E-state index in [1.54, 1.807) is 14.0 Å². The van der Waals surface area contributed by atoms with Crippen molar-refractivity contribution in [2.45, 2.75) is 6.92 Å². The molecule has 0 heterocycles. The van der Waals surface area contributed by atoms with Gasteiger partial charge in [0.1, 0.15) is 0 Å². The van der Waals surface area contributed by atoms with Crippen molar-refractivity contribution in [3.05, 3.63) is 0 Å². The van der Waals surface area contributed by atoms with E-state index >= 15 is 0 Å². The minimum Gasteiger partial charge on any atom is -0.383 e. The highest BCUT2D eigenvalue weighted by atomic mass is 16.5. The van der Waals surface area contributed by atoms with E-state index in [0.717, 1.165) is 13.1 Å². The van der Waals surface area contributed by atoms with Crippen molar-refractivity contribution in [2.75, 3.05) is 33.4 Å². The smallest absolute Gasteiger partial charge is 0.295 e. The van der Waals surface area contributed by atoms with Crippen molar-refractivity contribution >= 4 is 5.91 Å². The second kappa shape index (κ2) is 9.04. The predicted octanol–water partition coefficient (Wildman–Crippen LogP) is -0.638. The maximum atomic E-state index is 10.8. The number of amides is 1. The Kier molecular flexibility index (Phi) is 8.31. The average molecular weight is 184 g/mol. The lowest BCUT2D eigenvalue weighted by atomic mass is 10.5. The molecule has 0 unspecified atom stereocenters. The lowest BCUT2D eigenvalue weighted by Crippen LogP contribution is -2.32. The summed E-state index contributed by atoms with van der Waals surface area (Å²) in [6.07, 6.45) is 0. The zero-order chi connectivity index (χ0) is 9.94. The van der Waals surface area contributed by atoms with Crippen LogP contribution in [0.25, 0.3) is 0 Å². The molecular formula is C9H16N2O2. The highest BCUT2D eigenvalue weighted by molar-refractivity contribution is 5.93. The lowest BCUT2D eigenvalue weighted by Gasteiger charge is -2.03. The van der Waals surface area contributed by atoms with Gasteiger partial charge in [0.2, 0.25) is 0 Å². The van der Waals surface area contributed by atoms with Crippen LogP contribution in [-0.4, -0.2) is 39.3 Å². The van der Waals surface area contributed by atoms with Gasteiger partial charge in [0.15, 0.2) is 0 Å². The highest BCUT2D eigenvalue weighted by Crippen LogP contribution is 1.65. The van der Waals surface area contributed by atoms with Crippen LogP contribution in [0.4, 0.5) is 0 Å². The molecule has 74 valence electrons. The molecule has 13 heavy (non-hydrogen) atoms. The normalized spacial score (nSPS) is 8.77. The molecule has 0 aromatic rings. The van der Waals surface area contributed by atoms with Crippen molar-refractivity contribution in [1.29, 1.82) is 0 Å². The van der Waals surface area contributed by atoms with Crippen molar-refractivity contribution in [3.8, 4) is 11.8 Å². The number of hydrogen-bond donors (Lipinski definition) is 2. The van der Waals surface area contributed by atoms with E-state index in [2.05, 4.69) is 22.5 Å². The quantitative estimate of drug-likeness (QED) is 0.426. The second-order valence-corrected chi connectivity index (χ2v) is 2.37. The van der Waals surface area contributed by atoms with Crippen LogP contribution in [0.15, 0.2) is 0 Å². The fraction of sp³-hybridized carbons (Fsp3) is 0.667. The molecule has 0 aromatic carbocycles. The van der Waals surface area contributed by atoms with Gasteiger partial charge in [-0.25, -0.2) is 0 Å². The number of methoxy groups -OCH3 is 1. The molecule has 0 atom stereocenters. The Bertz CT molecular complexity index is 194. The highest BCUT2D eigenvalue weighted by Gasteiger charge is 1.92. The zero-order valence-corrected chi connectivity index (χ0v) is 8.14. The Morgan fingerprint density at radius 1 is 1.38 bits per heavy atom. The standard InChI is InChI=1S/C9H16N2O2/c1-3-4-9(12)11-6-5-10-7-8-13-2/h10H,5-8H2,1-2H3,(H,11,12). The summed E-state index contributed by atoms with van der Waals surface area (Å²) in [7, 11) is 1.65. The first kappa shape index (κ1) is 11.9. The molecule has 0 saturated heterocycles. The first-order valence-electron chi connectivity index (χ1n) is 4.21. The molecule has 4 heteroatoms. The molecule has 0 aliphatic rings. The van der Waals surface area contributed by atoms with Gasteiger partial charge in [0, 0.05) is 26.7 Å². The van der Waals surface area contributed by atoms with Crippen molar-refractivity contribution in [2.24, 2.45) is 0 Å². The van der Waals surface area contributed by atoms with Gasteiger partial charge in [0.05, 0.1) is 6.61 Å². The molecular weight excluding hydrogens is 168 g/mol. The Hall–Kier alpha value is -1.05. The number of hydrogen-bond acceptors (Lipinski definition) is 3. The number of ether oxygens (including phenoxy) is 1. The largest absolute Gasteiger partial charge is 0.383 e. The van der Waals surface area contributed by atoms with Gasteiger partial charge in [-0.2, -0.15) is 0 Å². The van der Waals surface area contributed by atoms with E-state index in [1.807, 2.05) is 0 Å². The predicted molar refractivity (Wildman–Crippen MR) is 51.2 cm³/mol. The van der Waals surface area contributed by atoms with Gasteiger partial charge < -0.3 is 15.4 Å². The van der Waals surface area contributed by atoms with Crippen molar-refractivity contribution in [1.82, 2.24) is 10.6 Å². The summed E-state index contributed by atoms with van der Waals surface area (Å²) in [5.74, 6) is 4.70. The molecule has 2 N–H and O–H groups in total. The van der Waals surface area contributed by atoms with Crippen LogP contribution in [0.2, 0.25) is 0 Å². The minimum atomic E-state index is -0.226. The molecule has 0 spiro atoms. The maximum absolute atomic E-state index is 10.8. The van der Waals surface area contributed by atoms with E-state index in [0.29, 0.717) is 13.2 Å². The van der Waals surface area contributed by atoms with E-state index in [9.17, 15) is 4.79 Å². The third kappa shape index (κ3) is 8.86. The Morgan fingerprint density at radius 2 is 2.15 bits per heavy atom. The Balaban J connectivity index is 3.14. The zero-order valence-electron chi connectivity index (χ0n) is 8.14. The van der Waals surface area contributed by atoms with Crippen LogP contribution in [-0.2, 0) is 9.53 Å². The fourth-order valence-electron chi connectivity index (χ4n) is 0.721. The topological polar surface area (TPSA) is 50.4 Å². The minimum absolute atomic E-state index is 0.226. The number of carbonyl (C=O) groups excluding carboxylic acids is 1. The van der Waals surface area contributed by atoms with Crippen molar-refractivity contribution in [3.63, 3.8) is 0 Å². The van der Waals surface area contributed by atoms with Gasteiger partial charge >= 0.3 is 0 Å². The molecule has 0 saturated carbocycles. The summed E-state index contributed by atoms with van der Waals surface area (Å²) in [5.41, 5.74) is 0. The summed E-state index contributed by atoms with van der Waals surface area (Å²) in [5, 5.41) is 5.74. The molecule has 0 bridgehead atoms. The van der Waals surface area contributed by atoms with Gasteiger partial charge in [-0.15, -0.1) is 0 Å². The van der Waals surface area contributed by atoms with Crippen LogP contribution in [0.5, 0.6) is 0 Å².